The Morgan fingerprint density at radius 1 is 1.16 bits per heavy atom. The summed E-state index contributed by atoms with van der Waals surface area (Å²) in [4.78, 5) is 0. The maximum Gasteiger partial charge on any atom is 0.416 e. The van der Waals surface area contributed by atoms with Crippen molar-refractivity contribution in [1.29, 1.82) is 0 Å². The third kappa shape index (κ3) is 2.82. The molecule has 19 heavy (non-hydrogen) atoms. The van der Waals surface area contributed by atoms with Crippen LogP contribution in [-0.2, 0) is 6.18 Å². The van der Waals surface area contributed by atoms with Crippen molar-refractivity contribution in [1.82, 2.24) is 9.78 Å². The van der Waals surface area contributed by atoms with Crippen LogP contribution in [0.4, 0.5) is 19.0 Å². The molecule has 102 valence electrons. The Bertz CT molecular complexity index is 616. The highest BCUT2D eigenvalue weighted by molar-refractivity contribution is 9.10. The standard InChI is InChI=1S/C10H5BrCl2F3N3/c11-7-3-8(17)19(18-7)9-5(12)1-4(2-6(9)13)10(14,15)16/h1-3H,17H2. The van der Waals surface area contributed by atoms with E-state index in [2.05, 4.69) is 21.0 Å². The van der Waals surface area contributed by atoms with E-state index < -0.39 is 11.7 Å². The molecule has 0 bridgehead atoms. The van der Waals surface area contributed by atoms with E-state index in [0.717, 1.165) is 16.8 Å². The molecule has 1 aromatic heterocycles. The molecule has 0 atom stereocenters. The SMILES string of the molecule is Nc1cc(Br)nn1-c1c(Cl)cc(C(F)(F)F)cc1Cl. The summed E-state index contributed by atoms with van der Waals surface area (Å²) in [6.07, 6.45) is -4.53. The van der Waals surface area contributed by atoms with E-state index in [4.69, 9.17) is 28.9 Å². The van der Waals surface area contributed by atoms with E-state index in [9.17, 15) is 13.2 Å². The summed E-state index contributed by atoms with van der Waals surface area (Å²) < 4.78 is 39.4. The highest BCUT2D eigenvalue weighted by Gasteiger charge is 2.32. The molecule has 0 radical (unpaired) electrons. The highest BCUT2D eigenvalue weighted by Crippen LogP contribution is 2.38. The van der Waals surface area contributed by atoms with Gasteiger partial charge in [-0.3, -0.25) is 0 Å². The monoisotopic (exact) mass is 373 g/mol. The minimum atomic E-state index is -4.53. The average molecular weight is 375 g/mol. The molecule has 1 heterocycles. The lowest BCUT2D eigenvalue weighted by Gasteiger charge is -2.13. The zero-order valence-corrected chi connectivity index (χ0v) is 12.1. The van der Waals surface area contributed by atoms with Crippen LogP contribution >= 0.6 is 39.1 Å². The van der Waals surface area contributed by atoms with Crippen LogP contribution in [0.3, 0.4) is 0 Å². The Hall–Kier alpha value is -0.920. The van der Waals surface area contributed by atoms with Crippen molar-refractivity contribution in [3.8, 4) is 5.69 Å². The molecule has 0 aliphatic carbocycles. The number of nitrogens with zero attached hydrogens (tertiary/aromatic N) is 2. The van der Waals surface area contributed by atoms with E-state index in [-0.39, 0.29) is 21.6 Å². The van der Waals surface area contributed by atoms with E-state index in [0.29, 0.717) is 4.60 Å². The molecule has 9 heteroatoms. The van der Waals surface area contributed by atoms with Crippen LogP contribution in [0.25, 0.3) is 5.69 Å². The Labute approximate surface area is 124 Å². The first kappa shape index (κ1) is 14.5. The number of halogens is 6. The molecule has 2 rings (SSSR count). The Morgan fingerprint density at radius 2 is 1.68 bits per heavy atom. The summed E-state index contributed by atoms with van der Waals surface area (Å²) in [5, 5.41) is 3.57. The minimum absolute atomic E-state index is 0.0968. The number of rotatable bonds is 1. The van der Waals surface area contributed by atoms with Gasteiger partial charge in [0, 0.05) is 6.07 Å². The molecule has 0 aliphatic rings. The van der Waals surface area contributed by atoms with Gasteiger partial charge in [0.05, 0.1) is 15.6 Å². The average Bonchev–Trinajstić information content (AvgIpc) is 2.55. The predicted molar refractivity (Wildman–Crippen MR) is 70.7 cm³/mol. The molecule has 2 N–H and O–H groups in total. The number of hydrogen-bond acceptors (Lipinski definition) is 2. The Kier molecular flexibility index (Phi) is 3.72. The third-order valence-electron chi connectivity index (χ3n) is 2.26. The molecule has 0 spiro atoms. The van der Waals surface area contributed by atoms with E-state index in [1.807, 2.05) is 0 Å². The molecule has 0 saturated carbocycles. The van der Waals surface area contributed by atoms with Crippen LogP contribution in [0.15, 0.2) is 22.8 Å². The van der Waals surface area contributed by atoms with Crippen LogP contribution in [0, 0.1) is 0 Å². The van der Waals surface area contributed by atoms with Crippen molar-refractivity contribution in [3.63, 3.8) is 0 Å². The van der Waals surface area contributed by atoms with Crippen LogP contribution in [0.2, 0.25) is 10.0 Å². The van der Waals surface area contributed by atoms with Gasteiger partial charge in [-0.25, -0.2) is 4.68 Å². The summed E-state index contributed by atoms with van der Waals surface area (Å²) in [6.45, 7) is 0. The Balaban J connectivity index is 2.64. The van der Waals surface area contributed by atoms with Gasteiger partial charge in [-0.1, -0.05) is 23.2 Å². The van der Waals surface area contributed by atoms with Crippen molar-refractivity contribution in [2.75, 3.05) is 5.73 Å². The van der Waals surface area contributed by atoms with Crippen molar-refractivity contribution in [2.45, 2.75) is 6.18 Å². The van der Waals surface area contributed by atoms with Gasteiger partial charge in [0.15, 0.2) is 0 Å². The Morgan fingerprint density at radius 3 is 2.05 bits per heavy atom. The van der Waals surface area contributed by atoms with Crippen LogP contribution < -0.4 is 5.73 Å². The largest absolute Gasteiger partial charge is 0.416 e. The van der Waals surface area contributed by atoms with Gasteiger partial charge in [-0.2, -0.15) is 18.3 Å². The first-order valence-corrected chi connectivity index (χ1v) is 6.32. The van der Waals surface area contributed by atoms with Crippen molar-refractivity contribution in [2.24, 2.45) is 0 Å². The fraction of sp³-hybridized carbons (Fsp3) is 0.100. The maximum absolute atomic E-state index is 12.6. The maximum atomic E-state index is 12.6. The lowest BCUT2D eigenvalue weighted by atomic mass is 10.2. The molecule has 0 unspecified atom stereocenters. The van der Waals surface area contributed by atoms with Gasteiger partial charge < -0.3 is 5.73 Å². The fourth-order valence-corrected chi connectivity index (χ4v) is 2.52. The molecule has 3 nitrogen and oxygen atoms in total. The zero-order valence-electron chi connectivity index (χ0n) is 8.97. The summed E-state index contributed by atoms with van der Waals surface area (Å²) in [5.74, 6) is 0.190. The van der Waals surface area contributed by atoms with E-state index >= 15 is 0 Å². The number of alkyl halides is 3. The molecule has 0 saturated heterocycles. The summed E-state index contributed by atoms with van der Waals surface area (Å²) in [6, 6.07) is 3.03. The minimum Gasteiger partial charge on any atom is -0.384 e. The number of hydrogen-bond donors (Lipinski definition) is 1. The number of benzene rings is 1. The first-order chi connectivity index (χ1) is 8.70. The van der Waals surface area contributed by atoms with Crippen molar-refractivity contribution in [3.05, 3.63) is 38.4 Å². The summed E-state index contributed by atoms with van der Waals surface area (Å²) >= 11 is 14.8. The molecular formula is C10H5BrCl2F3N3. The quantitative estimate of drug-likeness (QED) is 0.796. The molecule has 2 aromatic rings. The zero-order chi connectivity index (χ0) is 14.4. The second-order valence-corrected chi connectivity index (χ2v) is 5.22. The van der Waals surface area contributed by atoms with Gasteiger partial charge in [0.25, 0.3) is 0 Å². The lowest BCUT2D eigenvalue weighted by Crippen LogP contribution is -2.08. The van der Waals surface area contributed by atoms with Gasteiger partial charge >= 0.3 is 6.18 Å². The molecule has 1 aromatic carbocycles. The van der Waals surface area contributed by atoms with Crippen LogP contribution in [0.1, 0.15) is 5.56 Å². The van der Waals surface area contributed by atoms with Crippen molar-refractivity contribution < 1.29 is 13.2 Å². The number of nitrogen functional groups attached to an aromatic ring is 1. The molecule has 0 fully saturated rings. The summed E-state index contributed by atoms with van der Waals surface area (Å²) in [7, 11) is 0. The normalized spacial score (nSPS) is 11.9. The highest BCUT2D eigenvalue weighted by atomic mass is 79.9. The van der Waals surface area contributed by atoms with E-state index in [1.165, 1.54) is 6.07 Å². The smallest absolute Gasteiger partial charge is 0.384 e. The lowest BCUT2D eigenvalue weighted by molar-refractivity contribution is -0.137. The van der Waals surface area contributed by atoms with E-state index in [1.54, 1.807) is 0 Å². The third-order valence-corrected chi connectivity index (χ3v) is 3.23. The number of aromatic nitrogens is 2. The number of nitrogens with two attached hydrogens (primary N) is 1. The molecule has 0 amide bonds. The summed E-state index contributed by atoms with van der Waals surface area (Å²) in [5.41, 5.74) is 4.83. The fourth-order valence-electron chi connectivity index (χ4n) is 1.48. The van der Waals surface area contributed by atoms with Gasteiger partial charge in [-0.15, -0.1) is 0 Å². The topological polar surface area (TPSA) is 43.8 Å². The predicted octanol–water partition coefficient (Wildman–Crippen LogP) is 4.54. The second kappa shape index (κ2) is 4.88. The molecular weight excluding hydrogens is 370 g/mol. The number of anilines is 1. The van der Waals surface area contributed by atoms with Crippen LogP contribution in [-0.4, -0.2) is 9.78 Å². The van der Waals surface area contributed by atoms with Gasteiger partial charge in [0.1, 0.15) is 16.1 Å². The van der Waals surface area contributed by atoms with Gasteiger partial charge in [0.2, 0.25) is 0 Å². The molecule has 0 aliphatic heterocycles. The van der Waals surface area contributed by atoms with Crippen LogP contribution in [0.5, 0.6) is 0 Å². The van der Waals surface area contributed by atoms with Gasteiger partial charge in [-0.05, 0) is 28.1 Å². The van der Waals surface area contributed by atoms with Crippen molar-refractivity contribution >= 4 is 44.9 Å². The first-order valence-electron chi connectivity index (χ1n) is 4.78. The second-order valence-electron chi connectivity index (χ2n) is 3.59.